The van der Waals surface area contributed by atoms with E-state index in [1.165, 1.54) is 16.3 Å². The van der Waals surface area contributed by atoms with Crippen LogP contribution in [0.5, 0.6) is 0 Å². The Balaban J connectivity index is 2.16. The van der Waals surface area contributed by atoms with Crippen molar-refractivity contribution < 1.29 is 0 Å². The fraction of sp³-hybridized carbons (Fsp3) is 0.278. The van der Waals surface area contributed by atoms with Crippen LogP contribution in [0.2, 0.25) is 0 Å². The van der Waals surface area contributed by atoms with Crippen molar-refractivity contribution in [2.24, 2.45) is 0 Å². The van der Waals surface area contributed by atoms with Gasteiger partial charge in [-0.2, -0.15) is 0 Å². The van der Waals surface area contributed by atoms with E-state index in [2.05, 4.69) is 71.2 Å². The van der Waals surface area contributed by atoms with Crippen LogP contribution in [0.15, 0.2) is 54.9 Å². The van der Waals surface area contributed by atoms with Crippen LogP contribution in [-0.2, 0) is 6.54 Å². The largest absolute Gasteiger partial charge is 0.334 e. The normalized spacial score (nSPS) is 12.7. The second kappa shape index (κ2) is 6.10. The van der Waals surface area contributed by atoms with Gasteiger partial charge in [0.2, 0.25) is 0 Å². The summed E-state index contributed by atoms with van der Waals surface area (Å²) in [6, 6.07) is 15.1. The molecule has 0 amide bonds. The molecule has 0 aliphatic rings. The molecule has 21 heavy (non-hydrogen) atoms. The van der Waals surface area contributed by atoms with Gasteiger partial charge in [0.1, 0.15) is 5.82 Å². The first-order valence-electron chi connectivity index (χ1n) is 7.57. The first-order valence-corrected chi connectivity index (χ1v) is 7.57. The lowest BCUT2D eigenvalue weighted by molar-refractivity contribution is 0.561. The number of benzene rings is 2. The SMILES string of the molecule is CCNC(c1cccc2ccccc12)c1nccn1CC. The number of hydrogen-bond donors (Lipinski definition) is 1. The highest BCUT2D eigenvalue weighted by molar-refractivity contribution is 5.86. The fourth-order valence-corrected chi connectivity index (χ4v) is 2.90. The van der Waals surface area contributed by atoms with E-state index in [1.54, 1.807) is 0 Å². The summed E-state index contributed by atoms with van der Waals surface area (Å²) in [6.07, 6.45) is 3.93. The Labute approximate surface area is 125 Å². The molecule has 0 fully saturated rings. The van der Waals surface area contributed by atoms with Gasteiger partial charge in [0.05, 0.1) is 6.04 Å². The molecule has 0 bridgehead atoms. The van der Waals surface area contributed by atoms with Gasteiger partial charge in [-0.05, 0) is 29.8 Å². The third kappa shape index (κ3) is 2.57. The van der Waals surface area contributed by atoms with Crippen molar-refractivity contribution in [2.45, 2.75) is 26.4 Å². The summed E-state index contributed by atoms with van der Waals surface area (Å²) < 4.78 is 2.20. The molecule has 2 aromatic carbocycles. The maximum absolute atomic E-state index is 4.59. The number of rotatable bonds is 5. The van der Waals surface area contributed by atoms with Gasteiger partial charge in [-0.1, -0.05) is 49.4 Å². The standard InChI is InChI=1S/C18H21N3/c1-3-19-17(18-20-12-13-21(18)4-2)16-11-7-9-14-8-5-6-10-15(14)16/h5-13,17,19H,3-4H2,1-2H3. The van der Waals surface area contributed by atoms with Crippen molar-refractivity contribution in [3.05, 3.63) is 66.2 Å². The van der Waals surface area contributed by atoms with Crippen molar-refractivity contribution in [3.63, 3.8) is 0 Å². The Morgan fingerprint density at radius 1 is 1.10 bits per heavy atom. The first-order chi connectivity index (χ1) is 10.3. The van der Waals surface area contributed by atoms with Crippen LogP contribution in [0, 0.1) is 0 Å². The van der Waals surface area contributed by atoms with Gasteiger partial charge in [-0.25, -0.2) is 4.98 Å². The zero-order chi connectivity index (χ0) is 14.7. The lowest BCUT2D eigenvalue weighted by Crippen LogP contribution is -2.25. The molecule has 1 aromatic heterocycles. The molecular weight excluding hydrogens is 258 g/mol. The number of hydrogen-bond acceptors (Lipinski definition) is 2. The smallest absolute Gasteiger partial charge is 0.130 e. The number of aryl methyl sites for hydroxylation is 1. The second-order valence-corrected chi connectivity index (χ2v) is 5.13. The minimum Gasteiger partial charge on any atom is -0.334 e. The molecule has 1 atom stereocenters. The molecular formula is C18H21N3. The zero-order valence-corrected chi connectivity index (χ0v) is 12.6. The lowest BCUT2D eigenvalue weighted by Gasteiger charge is -2.20. The molecule has 0 aliphatic heterocycles. The molecule has 3 rings (SSSR count). The van der Waals surface area contributed by atoms with E-state index in [1.807, 2.05) is 12.4 Å². The first kappa shape index (κ1) is 13.8. The van der Waals surface area contributed by atoms with Crippen LogP contribution in [0.3, 0.4) is 0 Å². The Morgan fingerprint density at radius 3 is 2.71 bits per heavy atom. The van der Waals surface area contributed by atoms with Gasteiger partial charge in [0.25, 0.3) is 0 Å². The Hall–Kier alpha value is -2.13. The Kier molecular flexibility index (Phi) is 4.02. The molecule has 1 N–H and O–H groups in total. The van der Waals surface area contributed by atoms with Gasteiger partial charge in [0.15, 0.2) is 0 Å². The van der Waals surface area contributed by atoms with E-state index in [-0.39, 0.29) is 6.04 Å². The van der Waals surface area contributed by atoms with Gasteiger partial charge in [-0.3, -0.25) is 0 Å². The van der Waals surface area contributed by atoms with E-state index in [0.717, 1.165) is 18.9 Å². The third-order valence-electron chi connectivity index (χ3n) is 3.89. The third-order valence-corrected chi connectivity index (χ3v) is 3.89. The summed E-state index contributed by atoms with van der Waals surface area (Å²) in [5, 5.41) is 6.14. The number of fused-ring (bicyclic) bond motifs is 1. The van der Waals surface area contributed by atoms with Crippen LogP contribution >= 0.6 is 0 Å². The Morgan fingerprint density at radius 2 is 1.90 bits per heavy atom. The topological polar surface area (TPSA) is 29.9 Å². The molecule has 0 radical (unpaired) electrons. The summed E-state index contributed by atoms with van der Waals surface area (Å²) in [7, 11) is 0. The predicted molar refractivity (Wildman–Crippen MR) is 87.4 cm³/mol. The molecule has 0 spiro atoms. The van der Waals surface area contributed by atoms with Crippen LogP contribution in [0.4, 0.5) is 0 Å². The molecule has 0 saturated heterocycles. The molecule has 108 valence electrons. The van der Waals surface area contributed by atoms with E-state index in [9.17, 15) is 0 Å². The summed E-state index contributed by atoms with van der Waals surface area (Å²) in [5.74, 6) is 1.08. The van der Waals surface area contributed by atoms with Gasteiger partial charge >= 0.3 is 0 Å². The highest BCUT2D eigenvalue weighted by atomic mass is 15.1. The van der Waals surface area contributed by atoms with Gasteiger partial charge in [-0.15, -0.1) is 0 Å². The van der Waals surface area contributed by atoms with E-state index >= 15 is 0 Å². The maximum Gasteiger partial charge on any atom is 0.130 e. The maximum atomic E-state index is 4.59. The van der Waals surface area contributed by atoms with Gasteiger partial charge < -0.3 is 9.88 Å². The molecule has 1 heterocycles. The van der Waals surface area contributed by atoms with Gasteiger partial charge in [0, 0.05) is 18.9 Å². The van der Waals surface area contributed by atoms with Crippen LogP contribution in [0.25, 0.3) is 10.8 Å². The van der Waals surface area contributed by atoms with Crippen molar-refractivity contribution in [1.29, 1.82) is 0 Å². The quantitative estimate of drug-likeness (QED) is 0.770. The second-order valence-electron chi connectivity index (χ2n) is 5.13. The van der Waals surface area contributed by atoms with Crippen LogP contribution in [-0.4, -0.2) is 16.1 Å². The van der Waals surface area contributed by atoms with Crippen molar-refractivity contribution >= 4 is 10.8 Å². The summed E-state index contributed by atoms with van der Waals surface area (Å²) in [5.41, 5.74) is 1.29. The van der Waals surface area contributed by atoms with E-state index in [4.69, 9.17) is 0 Å². The number of aromatic nitrogens is 2. The summed E-state index contributed by atoms with van der Waals surface area (Å²) >= 11 is 0. The average Bonchev–Trinajstić information content (AvgIpc) is 3.00. The minimum absolute atomic E-state index is 0.121. The monoisotopic (exact) mass is 279 g/mol. The molecule has 3 heteroatoms. The van der Waals surface area contributed by atoms with E-state index in [0.29, 0.717) is 0 Å². The summed E-state index contributed by atoms with van der Waals surface area (Å²) in [4.78, 5) is 4.59. The number of nitrogens with zero attached hydrogens (tertiary/aromatic N) is 2. The highest BCUT2D eigenvalue weighted by Crippen LogP contribution is 2.28. The van der Waals surface area contributed by atoms with Crippen molar-refractivity contribution in [2.75, 3.05) is 6.54 Å². The van der Waals surface area contributed by atoms with Crippen LogP contribution in [0.1, 0.15) is 31.3 Å². The number of nitrogens with one attached hydrogen (secondary N) is 1. The van der Waals surface area contributed by atoms with Crippen LogP contribution < -0.4 is 5.32 Å². The zero-order valence-electron chi connectivity index (χ0n) is 12.6. The Bertz CT molecular complexity index is 725. The fourth-order valence-electron chi connectivity index (χ4n) is 2.90. The highest BCUT2D eigenvalue weighted by Gasteiger charge is 2.19. The average molecular weight is 279 g/mol. The molecule has 0 aliphatic carbocycles. The molecule has 3 nitrogen and oxygen atoms in total. The lowest BCUT2D eigenvalue weighted by atomic mass is 9.98. The molecule has 0 saturated carbocycles. The summed E-state index contributed by atoms with van der Waals surface area (Å²) in [6.45, 7) is 6.13. The van der Waals surface area contributed by atoms with E-state index < -0.39 is 0 Å². The van der Waals surface area contributed by atoms with Crippen molar-refractivity contribution in [3.8, 4) is 0 Å². The molecule has 3 aromatic rings. The predicted octanol–water partition coefficient (Wildman–Crippen LogP) is 3.76. The van der Waals surface area contributed by atoms with Crippen molar-refractivity contribution in [1.82, 2.24) is 14.9 Å². The number of imidazole rings is 1. The molecule has 1 unspecified atom stereocenters. The minimum atomic E-state index is 0.121.